The first-order chi connectivity index (χ1) is 8.06. The van der Waals surface area contributed by atoms with E-state index in [1.807, 2.05) is 19.2 Å². The smallest absolute Gasteiger partial charge is 0.152 e. The van der Waals surface area contributed by atoms with Crippen molar-refractivity contribution in [1.29, 1.82) is 0 Å². The molecule has 1 saturated heterocycles. The maximum atomic E-state index is 6.10. The minimum atomic E-state index is -0.0872. The lowest BCUT2D eigenvalue weighted by Crippen LogP contribution is -2.48. The number of hydrogen-bond acceptors (Lipinski definition) is 4. The van der Waals surface area contributed by atoms with E-state index in [9.17, 15) is 0 Å². The van der Waals surface area contributed by atoms with E-state index in [1.165, 1.54) is 0 Å². The monoisotopic (exact) mass is 235 g/mol. The largest absolute Gasteiger partial charge is 0.396 e. The van der Waals surface area contributed by atoms with E-state index < -0.39 is 0 Å². The molecule has 1 unspecified atom stereocenters. The Bertz CT molecular complexity index is 408. The number of rotatable bonds is 2. The molecule has 2 heterocycles. The third kappa shape index (κ3) is 2.36. The predicted molar refractivity (Wildman–Crippen MR) is 70.2 cm³/mol. The molecule has 0 amide bonds. The van der Waals surface area contributed by atoms with Crippen molar-refractivity contribution in [3.63, 3.8) is 0 Å². The van der Waals surface area contributed by atoms with E-state index in [0.29, 0.717) is 0 Å². The van der Waals surface area contributed by atoms with Crippen molar-refractivity contribution in [2.45, 2.75) is 32.3 Å². The minimum absolute atomic E-state index is 0.0872. The minimum Gasteiger partial charge on any atom is -0.396 e. The summed E-state index contributed by atoms with van der Waals surface area (Å²) in [6.45, 7) is 6.01. The highest BCUT2D eigenvalue weighted by Gasteiger charge is 2.32. The second-order valence-electron chi connectivity index (χ2n) is 5.04. The number of ether oxygens (including phenoxy) is 1. The molecule has 0 aromatic carbocycles. The van der Waals surface area contributed by atoms with E-state index in [2.05, 4.69) is 16.8 Å². The van der Waals surface area contributed by atoms with Crippen molar-refractivity contribution in [3.05, 3.63) is 17.8 Å². The molecule has 1 aromatic rings. The first-order valence-corrected chi connectivity index (χ1v) is 6.07. The highest BCUT2D eigenvalue weighted by atomic mass is 16.5. The van der Waals surface area contributed by atoms with Gasteiger partial charge >= 0.3 is 0 Å². The van der Waals surface area contributed by atoms with E-state index in [0.717, 1.165) is 43.0 Å². The van der Waals surface area contributed by atoms with Crippen LogP contribution in [0.2, 0.25) is 0 Å². The van der Waals surface area contributed by atoms with Crippen molar-refractivity contribution >= 4 is 11.5 Å². The Balaban J connectivity index is 2.25. The summed E-state index contributed by atoms with van der Waals surface area (Å²) in [5.74, 6) is 0.896. The van der Waals surface area contributed by atoms with E-state index in [-0.39, 0.29) is 5.60 Å². The summed E-state index contributed by atoms with van der Waals surface area (Å²) in [6, 6.07) is 1.94. The van der Waals surface area contributed by atoms with Gasteiger partial charge < -0.3 is 15.4 Å². The van der Waals surface area contributed by atoms with E-state index in [1.54, 1.807) is 7.11 Å². The molecule has 4 nitrogen and oxygen atoms in total. The van der Waals surface area contributed by atoms with Crippen LogP contribution in [-0.4, -0.2) is 30.8 Å². The lowest BCUT2D eigenvalue weighted by atomic mass is 9.94. The zero-order valence-electron chi connectivity index (χ0n) is 10.9. The summed E-state index contributed by atoms with van der Waals surface area (Å²) in [7, 11) is 1.77. The van der Waals surface area contributed by atoms with Crippen LogP contribution in [0, 0.1) is 6.92 Å². The summed E-state index contributed by atoms with van der Waals surface area (Å²) in [5.41, 5.74) is 7.88. The van der Waals surface area contributed by atoms with Gasteiger partial charge in [0.15, 0.2) is 5.82 Å². The van der Waals surface area contributed by atoms with Crippen LogP contribution in [0.4, 0.5) is 11.5 Å². The normalized spacial score (nSPS) is 25.0. The van der Waals surface area contributed by atoms with Gasteiger partial charge in [-0.25, -0.2) is 4.98 Å². The standard InChI is InChI=1S/C13H21N3O/c1-10-5-7-15-12(11(10)14)16-8-4-6-13(2,9-16)17-3/h5,7H,4,6,8-9,14H2,1-3H3. The molecule has 2 rings (SSSR count). The first-order valence-electron chi connectivity index (χ1n) is 6.07. The lowest BCUT2D eigenvalue weighted by molar-refractivity contribution is -0.00478. The van der Waals surface area contributed by atoms with Crippen LogP contribution in [0.5, 0.6) is 0 Å². The van der Waals surface area contributed by atoms with Gasteiger partial charge in [-0.15, -0.1) is 0 Å². The van der Waals surface area contributed by atoms with Crippen molar-refractivity contribution in [3.8, 4) is 0 Å². The SMILES string of the molecule is COC1(C)CCCN(c2nccc(C)c2N)C1. The van der Waals surface area contributed by atoms with Crippen LogP contribution in [0.1, 0.15) is 25.3 Å². The van der Waals surface area contributed by atoms with Crippen LogP contribution < -0.4 is 10.6 Å². The quantitative estimate of drug-likeness (QED) is 0.851. The Hall–Kier alpha value is -1.29. The molecule has 0 saturated carbocycles. The first kappa shape index (κ1) is 12.2. The molecule has 4 heteroatoms. The number of methoxy groups -OCH3 is 1. The molecule has 1 aliphatic rings. The van der Waals surface area contributed by atoms with Crippen molar-refractivity contribution in [1.82, 2.24) is 4.98 Å². The number of piperidine rings is 1. The average molecular weight is 235 g/mol. The topological polar surface area (TPSA) is 51.4 Å². The van der Waals surface area contributed by atoms with Crippen LogP contribution >= 0.6 is 0 Å². The fourth-order valence-corrected chi connectivity index (χ4v) is 2.36. The van der Waals surface area contributed by atoms with Gasteiger partial charge in [0.05, 0.1) is 11.3 Å². The molecule has 2 N–H and O–H groups in total. The second-order valence-corrected chi connectivity index (χ2v) is 5.04. The van der Waals surface area contributed by atoms with Crippen LogP contribution in [-0.2, 0) is 4.74 Å². The number of aryl methyl sites for hydroxylation is 1. The Kier molecular flexibility index (Phi) is 3.24. The van der Waals surface area contributed by atoms with E-state index >= 15 is 0 Å². The summed E-state index contributed by atoms with van der Waals surface area (Å²) in [5, 5.41) is 0. The molecule has 1 atom stereocenters. The highest BCUT2D eigenvalue weighted by Crippen LogP contribution is 2.30. The molecule has 1 aliphatic heterocycles. The number of nitrogens with zero attached hydrogens (tertiary/aromatic N) is 2. The number of anilines is 2. The van der Waals surface area contributed by atoms with Crippen LogP contribution in [0.3, 0.4) is 0 Å². The molecular weight excluding hydrogens is 214 g/mol. The van der Waals surface area contributed by atoms with Gasteiger partial charge in [-0.2, -0.15) is 0 Å². The molecule has 0 bridgehead atoms. The summed E-state index contributed by atoms with van der Waals surface area (Å²) in [4.78, 5) is 6.64. The third-order valence-electron chi connectivity index (χ3n) is 3.64. The maximum Gasteiger partial charge on any atom is 0.152 e. The molecule has 0 spiro atoms. The van der Waals surface area contributed by atoms with Crippen LogP contribution in [0.25, 0.3) is 0 Å². The Morgan fingerprint density at radius 3 is 3.00 bits per heavy atom. The fourth-order valence-electron chi connectivity index (χ4n) is 2.36. The van der Waals surface area contributed by atoms with Gasteiger partial charge in [0, 0.05) is 26.4 Å². The molecular formula is C13H21N3O. The van der Waals surface area contributed by atoms with Gasteiger partial charge in [0.1, 0.15) is 0 Å². The Morgan fingerprint density at radius 1 is 1.53 bits per heavy atom. The van der Waals surface area contributed by atoms with Crippen molar-refractivity contribution < 1.29 is 4.74 Å². The zero-order chi connectivity index (χ0) is 12.5. The molecule has 1 fully saturated rings. The second kappa shape index (κ2) is 4.53. The summed E-state index contributed by atoms with van der Waals surface area (Å²) >= 11 is 0. The Morgan fingerprint density at radius 2 is 2.29 bits per heavy atom. The predicted octanol–water partition coefficient (Wildman–Crippen LogP) is 1.98. The molecule has 0 aliphatic carbocycles. The maximum absolute atomic E-state index is 6.10. The van der Waals surface area contributed by atoms with Gasteiger partial charge in [0.2, 0.25) is 0 Å². The van der Waals surface area contributed by atoms with Gasteiger partial charge in [-0.1, -0.05) is 0 Å². The highest BCUT2D eigenvalue weighted by molar-refractivity contribution is 5.66. The van der Waals surface area contributed by atoms with E-state index in [4.69, 9.17) is 10.5 Å². The lowest BCUT2D eigenvalue weighted by Gasteiger charge is -2.40. The number of nitrogen functional groups attached to an aromatic ring is 1. The van der Waals surface area contributed by atoms with Gasteiger partial charge in [-0.05, 0) is 38.3 Å². The number of hydrogen-bond donors (Lipinski definition) is 1. The molecule has 94 valence electrons. The number of nitrogens with two attached hydrogens (primary N) is 1. The Labute approximate surface area is 103 Å². The fraction of sp³-hybridized carbons (Fsp3) is 0.615. The van der Waals surface area contributed by atoms with Gasteiger partial charge in [-0.3, -0.25) is 0 Å². The number of aromatic nitrogens is 1. The van der Waals surface area contributed by atoms with Crippen LogP contribution in [0.15, 0.2) is 12.3 Å². The summed E-state index contributed by atoms with van der Waals surface area (Å²) in [6.07, 6.45) is 4.02. The van der Waals surface area contributed by atoms with Crippen molar-refractivity contribution in [2.24, 2.45) is 0 Å². The third-order valence-corrected chi connectivity index (χ3v) is 3.64. The number of pyridine rings is 1. The average Bonchev–Trinajstić information content (AvgIpc) is 2.33. The van der Waals surface area contributed by atoms with Gasteiger partial charge in [0.25, 0.3) is 0 Å². The molecule has 1 aromatic heterocycles. The summed E-state index contributed by atoms with van der Waals surface area (Å²) < 4.78 is 5.59. The molecule has 17 heavy (non-hydrogen) atoms. The van der Waals surface area contributed by atoms with Crippen molar-refractivity contribution in [2.75, 3.05) is 30.8 Å². The molecule has 0 radical (unpaired) electrons. The zero-order valence-corrected chi connectivity index (χ0v) is 10.9.